The first-order valence-electron chi connectivity index (χ1n) is 12.1. The molecule has 1 aliphatic heterocycles. The second kappa shape index (κ2) is 11.1. The topological polar surface area (TPSA) is 87.5 Å². The van der Waals surface area contributed by atoms with E-state index in [1.165, 1.54) is 6.33 Å². The summed E-state index contributed by atoms with van der Waals surface area (Å²) in [4.78, 5) is 17.8. The van der Waals surface area contributed by atoms with E-state index in [4.69, 9.17) is 14.2 Å². The summed E-state index contributed by atoms with van der Waals surface area (Å²) in [6.07, 6.45) is 1.45. The van der Waals surface area contributed by atoms with Crippen molar-refractivity contribution in [3.8, 4) is 11.5 Å². The van der Waals surface area contributed by atoms with Crippen LogP contribution in [-0.4, -0.2) is 27.8 Å². The summed E-state index contributed by atoms with van der Waals surface area (Å²) in [5.41, 5.74) is 4.96. The highest BCUT2D eigenvalue weighted by molar-refractivity contribution is 9.10. The molecule has 38 heavy (non-hydrogen) atoms. The SMILES string of the molecule is COc1cc(C2C(C(=O)OCc3ccccc3)=C(C)Nc3ncnn32)cc(Br)c1OCc1ccccc1C. The first-order chi connectivity index (χ1) is 18.5. The number of aromatic nitrogens is 3. The molecule has 0 fully saturated rings. The number of hydrogen-bond donors (Lipinski definition) is 1. The smallest absolute Gasteiger partial charge is 0.338 e. The van der Waals surface area contributed by atoms with Crippen LogP contribution in [0.25, 0.3) is 0 Å². The first kappa shape index (κ1) is 25.5. The number of anilines is 1. The summed E-state index contributed by atoms with van der Waals surface area (Å²) >= 11 is 3.66. The van der Waals surface area contributed by atoms with Crippen LogP contribution in [0.15, 0.2) is 88.8 Å². The summed E-state index contributed by atoms with van der Waals surface area (Å²) in [5, 5.41) is 7.57. The highest BCUT2D eigenvalue weighted by Gasteiger charge is 2.35. The molecule has 1 N–H and O–H groups in total. The minimum Gasteiger partial charge on any atom is -0.493 e. The van der Waals surface area contributed by atoms with Gasteiger partial charge >= 0.3 is 5.97 Å². The molecule has 1 unspecified atom stereocenters. The van der Waals surface area contributed by atoms with Crippen molar-refractivity contribution in [2.24, 2.45) is 0 Å². The van der Waals surface area contributed by atoms with E-state index in [9.17, 15) is 4.79 Å². The maximum atomic E-state index is 13.4. The predicted octanol–water partition coefficient (Wildman–Crippen LogP) is 5.97. The minimum absolute atomic E-state index is 0.159. The Hall–Kier alpha value is -4.11. The van der Waals surface area contributed by atoms with Gasteiger partial charge in [0.25, 0.3) is 0 Å². The van der Waals surface area contributed by atoms with Crippen molar-refractivity contribution in [3.05, 3.63) is 111 Å². The Bertz CT molecular complexity index is 1500. The Morgan fingerprint density at radius 1 is 1.05 bits per heavy atom. The van der Waals surface area contributed by atoms with E-state index in [0.29, 0.717) is 39.8 Å². The van der Waals surface area contributed by atoms with Crippen molar-refractivity contribution in [1.82, 2.24) is 14.8 Å². The normalized spacial score (nSPS) is 14.5. The van der Waals surface area contributed by atoms with Crippen molar-refractivity contribution in [2.75, 3.05) is 12.4 Å². The van der Waals surface area contributed by atoms with Gasteiger partial charge in [-0.25, -0.2) is 9.48 Å². The molecule has 0 aliphatic carbocycles. The van der Waals surface area contributed by atoms with Crippen molar-refractivity contribution in [1.29, 1.82) is 0 Å². The van der Waals surface area contributed by atoms with E-state index in [1.807, 2.05) is 80.6 Å². The third-order valence-electron chi connectivity index (χ3n) is 6.43. The Morgan fingerprint density at radius 3 is 2.58 bits per heavy atom. The molecule has 0 amide bonds. The van der Waals surface area contributed by atoms with Gasteiger partial charge in [0.15, 0.2) is 11.5 Å². The molecule has 1 aliphatic rings. The number of allylic oxidation sites excluding steroid dienone is 1. The summed E-state index contributed by atoms with van der Waals surface area (Å²) in [5.74, 6) is 1.18. The van der Waals surface area contributed by atoms with Crippen LogP contribution in [0.3, 0.4) is 0 Å². The molecule has 0 saturated carbocycles. The zero-order valence-corrected chi connectivity index (χ0v) is 22.9. The van der Waals surface area contributed by atoms with E-state index in [0.717, 1.165) is 22.3 Å². The molecular weight excluding hydrogens is 548 g/mol. The number of nitrogens with one attached hydrogen (secondary N) is 1. The van der Waals surface area contributed by atoms with Gasteiger partial charge < -0.3 is 19.5 Å². The van der Waals surface area contributed by atoms with Crippen LogP contribution < -0.4 is 14.8 Å². The van der Waals surface area contributed by atoms with Crippen LogP contribution in [-0.2, 0) is 22.7 Å². The fraction of sp³-hybridized carbons (Fsp3) is 0.207. The average molecular weight is 575 g/mol. The van der Waals surface area contributed by atoms with Gasteiger partial charge in [0, 0.05) is 5.70 Å². The summed E-state index contributed by atoms with van der Waals surface area (Å²) in [6, 6.07) is 20.8. The number of benzene rings is 3. The number of esters is 1. The van der Waals surface area contributed by atoms with Crippen molar-refractivity contribution < 1.29 is 19.0 Å². The van der Waals surface area contributed by atoms with Crippen LogP contribution in [0.2, 0.25) is 0 Å². The van der Waals surface area contributed by atoms with E-state index in [-0.39, 0.29) is 6.61 Å². The average Bonchev–Trinajstić information content (AvgIpc) is 3.39. The highest BCUT2D eigenvalue weighted by Crippen LogP contribution is 2.43. The fourth-order valence-corrected chi connectivity index (χ4v) is 5.00. The van der Waals surface area contributed by atoms with Crippen LogP contribution in [0.1, 0.15) is 35.2 Å². The number of halogens is 1. The molecule has 0 bridgehead atoms. The molecule has 0 radical (unpaired) electrons. The number of methoxy groups -OCH3 is 1. The number of ether oxygens (including phenoxy) is 3. The Balaban J connectivity index is 1.48. The molecule has 1 aromatic heterocycles. The van der Waals surface area contributed by atoms with Gasteiger partial charge in [-0.15, -0.1) is 0 Å². The molecule has 5 rings (SSSR count). The second-order valence-corrected chi connectivity index (χ2v) is 9.76. The fourth-order valence-electron chi connectivity index (χ4n) is 4.42. The van der Waals surface area contributed by atoms with Gasteiger partial charge in [0.05, 0.1) is 17.2 Å². The van der Waals surface area contributed by atoms with Gasteiger partial charge in [-0.05, 0) is 64.2 Å². The molecule has 1 atom stereocenters. The number of fused-ring (bicyclic) bond motifs is 1. The molecule has 0 spiro atoms. The quantitative estimate of drug-likeness (QED) is 0.259. The molecule has 8 nitrogen and oxygen atoms in total. The van der Waals surface area contributed by atoms with Gasteiger partial charge in [-0.1, -0.05) is 54.6 Å². The van der Waals surface area contributed by atoms with E-state index in [2.05, 4.69) is 31.3 Å². The third-order valence-corrected chi connectivity index (χ3v) is 7.02. The molecule has 4 aromatic rings. The largest absolute Gasteiger partial charge is 0.493 e. The maximum absolute atomic E-state index is 13.4. The third kappa shape index (κ3) is 5.15. The summed E-state index contributed by atoms with van der Waals surface area (Å²) in [7, 11) is 1.59. The second-order valence-electron chi connectivity index (χ2n) is 8.91. The van der Waals surface area contributed by atoms with Crippen LogP contribution >= 0.6 is 15.9 Å². The van der Waals surface area contributed by atoms with Crippen molar-refractivity contribution >= 4 is 27.8 Å². The first-order valence-corrected chi connectivity index (χ1v) is 12.9. The van der Waals surface area contributed by atoms with Crippen molar-refractivity contribution in [2.45, 2.75) is 33.1 Å². The molecule has 2 heterocycles. The number of rotatable bonds is 8. The van der Waals surface area contributed by atoms with Gasteiger partial charge in [-0.2, -0.15) is 10.1 Å². The zero-order chi connectivity index (χ0) is 26.6. The van der Waals surface area contributed by atoms with E-state index in [1.54, 1.807) is 11.8 Å². The number of nitrogens with zero attached hydrogens (tertiary/aromatic N) is 3. The lowest BCUT2D eigenvalue weighted by Crippen LogP contribution is -2.29. The van der Waals surface area contributed by atoms with Gasteiger partial charge in [0.1, 0.15) is 25.6 Å². The molecule has 9 heteroatoms. The minimum atomic E-state index is -0.590. The Labute approximate surface area is 229 Å². The lowest BCUT2D eigenvalue weighted by atomic mass is 9.95. The van der Waals surface area contributed by atoms with Gasteiger partial charge in [0.2, 0.25) is 5.95 Å². The number of hydrogen-bond acceptors (Lipinski definition) is 7. The molecular formula is C29H27BrN4O4. The van der Waals surface area contributed by atoms with Crippen LogP contribution in [0, 0.1) is 6.92 Å². The van der Waals surface area contributed by atoms with Crippen molar-refractivity contribution in [3.63, 3.8) is 0 Å². The molecule has 0 saturated heterocycles. The maximum Gasteiger partial charge on any atom is 0.338 e. The summed E-state index contributed by atoms with van der Waals surface area (Å²) < 4.78 is 20.0. The van der Waals surface area contributed by atoms with Gasteiger partial charge in [-0.3, -0.25) is 0 Å². The number of carbonyl (C=O) groups is 1. The number of carbonyl (C=O) groups excluding carboxylic acids is 1. The Kier molecular flexibility index (Phi) is 7.46. The van der Waals surface area contributed by atoms with Crippen LogP contribution in [0.4, 0.5) is 5.95 Å². The molecule has 3 aromatic carbocycles. The zero-order valence-electron chi connectivity index (χ0n) is 21.3. The summed E-state index contributed by atoms with van der Waals surface area (Å²) in [6.45, 7) is 4.42. The van der Waals surface area contributed by atoms with E-state index < -0.39 is 12.0 Å². The standard InChI is InChI=1S/C29H27BrN4O4/c1-18-9-7-8-12-21(18)16-37-27-23(30)13-22(14-24(27)36-3)26-25(19(2)33-29-31-17-32-34(26)29)28(35)38-15-20-10-5-4-6-11-20/h4-14,17,26H,15-16H2,1-3H3,(H,31,32,33). The molecule has 194 valence electrons. The number of aryl methyl sites for hydroxylation is 1. The highest BCUT2D eigenvalue weighted by atomic mass is 79.9. The lowest BCUT2D eigenvalue weighted by molar-refractivity contribution is -0.140. The van der Waals surface area contributed by atoms with E-state index >= 15 is 0 Å². The predicted molar refractivity (Wildman–Crippen MR) is 147 cm³/mol. The monoisotopic (exact) mass is 574 g/mol. The Morgan fingerprint density at radius 2 is 1.82 bits per heavy atom. The lowest BCUT2D eigenvalue weighted by Gasteiger charge is -2.29. The van der Waals surface area contributed by atoms with Crippen LogP contribution in [0.5, 0.6) is 11.5 Å².